The molecule has 1 aromatic rings. The van der Waals surface area contributed by atoms with Gasteiger partial charge < -0.3 is 9.90 Å². The molecule has 2 rings (SSSR count). The number of carboxylic acid groups (broad SMARTS) is 1. The minimum absolute atomic E-state index is 0.265. The van der Waals surface area contributed by atoms with Crippen molar-refractivity contribution >= 4 is 57.6 Å². The average molecular weight is 326 g/mol. The van der Waals surface area contributed by atoms with E-state index >= 15 is 0 Å². The van der Waals surface area contributed by atoms with Gasteiger partial charge in [0.05, 0.1) is 16.9 Å². The molecule has 1 fully saturated rings. The molecule has 0 spiro atoms. The van der Waals surface area contributed by atoms with Gasteiger partial charge in [0.25, 0.3) is 5.91 Å². The second kappa shape index (κ2) is 6.07. The molecular weight excluding hydrogens is 314 g/mol. The molecule has 7 heteroatoms. The summed E-state index contributed by atoms with van der Waals surface area (Å²) in [7, 11) is 0. The number of rotatable bonds is 4. The third-order valence-electron chi connectivity index (χ3n) is 2.79. The SMILES string of the molecule is CC(C)C(C(=O)[O-])N1C(=O)C(=Cc2cccs2)SC1=S. The molecule has 0 aromatic carbocycles. The molecule has 0 N–H and O–H groups in total. The minimum Gasteiger partial charge on any atom is -0.548 e. The summed E-state index contributed by atoms with van der Waals surface area (Å²) in [6.07, 6.45) is 1.73. The standard InChI is InChI=1S/C13H13NO3S3/c1-7(2)10(12(16)17)14-11(15)9(20-13(14)18)6-8-4-3-5-19-8/h3-7,10H,1-2H3,(H,16,17)/p-1. The molecule has 106 valence electrons. The zero-order chi connectivity index (χ0) is 14.9. The lowest BCUT2D eigenvalue weighted by molar-refractivity contribution is -0.311. The van der Waals surface area contributed by atoms with Crippen molar-refractivity contribution in [3.05, 3.63) is 27.3 Å². The predicted octanol–water partition coefficient (Wildman–Crippen LogP) is 1.72. The zero-order valence-corrected chi connectivity index (χ0v) is 13.3. The fraction of sp³-hybridized carbons (Fsp3) is 0.308. The Morgan fingerprint density at radius 3 is 2.70 bits per heavy atom. The number of thiocarbonyl (C=S) groups is 1. The number of aliphatic carboxylic acids is 1. The van der Waals surface area contributed by atoms with E-state index in [1.165, 1.54) is 11.3 Å². The first-order valence-corrected chi connectivity index (χ1v) is 8.03. The van der Waals surface area contributed by atoms with Gasteiger partial charge in [0.15, 0.2) is 0 Å². The first kappa shape index (κ1) is 15.2. The summed E-state index contributed by atoms with van der Waals surface area (Å²) in [6, 6.07) is 2.74. The number of thioether (sulfide) groups is 1. The van der Waals surface area contributed by atoms with E-state index < -0.39 is 12.0 Å². The minimum atomic E-state index is -1.28. The summed E-state index contributed by atoms with van der Waals surface area (Å²) in [5.74, 6) is -1.92. The van der Waals surface area contributed by atoms with E-state index in [1.807, 2.05) is 17.5 Å². The van der Waals surface area contributed by atoms with Crippen LogP contribution < -0.4 is 5.11 Å². The quantitative estimate of drug-likeness (QED) is 0.623. The number of nitrogens with zero attached hydrogens (tertiary/aromatic N) is 1. The summed E-state index contributed by atoms with van der Waals surface area (Å²) >= 11 is 7.78. The maximum absolute atomic E-state index is 12.4. The van der Waals surface area contributed by atoms with Gasteiger partial charge >= 0.3 is 0 Å². The molecule has 1 aromatic heterocycles. The van der Waals surface area contributed by atoms with E-state index in [-0.39, 0.29) is 16.1 Å². The molecule has 1 aliphatic rings. The normalized spacial score (nSPS) is 19.1. The van der Waals surface area contributed by atoms with Gasteiger partial charge in [0.2, 0.25) is 0 Å². The second-order valence-corrected chi connectivity index (χ2v) is 7.23. The molecule has 1 unspecified atom stereocenters. The number of carboxylic acids is 1. The Hall–Kier alpha value is -1.18. The van der Waals surface area contributed by atoms with Gasteiger partial charge in [0.1, 0.15) is 4.32 Å². The second-order valence-electron chi connectivity index (χ2n) is 4.58. The Balaban J connectivity index is 2.31. The average Bonchev–Trinajstić information content (AvgIpc) is 2.93. The molecule has 1 amide bonds. The van der Waals surface area contributed by atoms with Crippen LogP contribution in [0.25, 0.3) is 6.08 Å². The van der Waals surface area contributed by atoms with Crippen molar-refractivity contribution < 1.29 is 14.7 Å². The molecule has 4 nitrogen and oxygen atoms in total. The Morgan fingerprint density at radius 1 is 1.50 bits per heavy atom. The molecule has 1 atom stereocenters. The Kier molecular flexibility index (Phi) is 4.62. The van der Waals surface area contributed by atoms with Crippen molar-refractivity contribution in [3.63, 3.8) is 0 Å². The number of carbonyl (C=O) groups excluding carboxylic acids is 2. The summed E-state index contributed by atoms with van der Waals surface area (Å²) < 4.78 is 0.265. The van der Waals surface area contributed by atoms with Crippen molar-refractivity contribution in [2.45, 2.75) is 19.9 Å². The molecule has 0 radical (unpaired) electrons. The molecule has 0 bridgehead atoms. The first-order valence-electron chi connectivity index (χ1n) is 5.93. The maximum Gasteiger partial charge on any atom is 0.266 e. The van der Waals surface area contributed by atoms with Crippen molar-refractivity contribution in [1.29, 1.82) is 0 Å². The van der Waals surface area contributed by atoms with Crippen LogP contribution in [0.3, 0.4) is 0 Å². The summed E-state index contributed by atoms with van der Waals surface area (Å²) in [4.78, 5) is 26.1. The molecule has 20 heavy (non-hydrogen) atoms. The number of carbonyl (C=O) groups is 2. The van der Waals surface area contributed by atoms with Gasteiger partial charge in [-0.15, -0.1) is 11.3 Å². The molecule has 2 heterocycles. The van der Waals surface area contributed by atoms with Crippen LogP contribution in [0.5, 0.6) is 0 Å². The van der Waals surface area contributed by atoms with E-state index in [4.69, 9.17) is 12.2 Å². The lowest BCUT2D eigenvalue weighted by Crippen LogP contribution is -2.52. The van der Waals surface area contributed by atoms with Crippen LogP contribution in [0, 0.1) is 5.92 Å². The van der Waals surface area contributed by atoms with Crippen LogP contribution in [0.2, 0.25) is 0 Å². The predicted molar refractivity (Wildman–Crippen MR) is 83.0 cm³/mol. The summed E-state index contributed by atoms with van der Waals surface area (Å²) in [6.45, 7) is 3.45. The molecular formula is C13H12NO3S3-. The molecule has 1 saturated heterocycles. The lowest BCUT2D eigenvalue weighted by atomic mass is 10.0. The van der Waals surface area contributed by atoms with E-state index in [0.717, 1.165) is 21.5 Å². The van der Waals surface area contributed by atoms with Crippen LogP contribution in [0.1, 0.15) is 18.7 Å². The molecule has 0 aliphatic carbocycles. The van der Waals surface area contributed by atoms with Crippen LogP contribution in [0.4, 0.5) is 0 Å². The largest absolute Gasteiger partial charge is 0.548 e. The highest BCUT2D eigenvalue weighted by Crippen LogP contribution is 2.35. The van der Waals surface area contributed by atoms with Gasteiger partial charge in [-0.2, -0.15) is 0 Å². The van der Waals surface area contributed by atoms with E-state index in [2.05, 4.69) is 0 Å². The molecule has 1 aliphatic heterocycles. The van der Waals surface area contributed by atoms with Crippen LogP contribution in [-0.4, -0.2) is 27.1 Å². The third-order valence-corrected chi connectivity index (χ3v) is 4.94. The highest BCUT2D eigenvalue weighted by Gasteiger charge is 2.39. The maximum atomic E-state index is 12.4. The fourth-order valence-corrected chi connectivity index (χ4v) is 3.95. The van der Waals surface area contributed by atoms with Crippen molar-refractivity contribution in [2.24, 2.45) is 5.92 Å². The van der Waals surface area contributed by atoms with E-state index in [1.54, 1.807) is 19.9 Å². The van der Waals surface area contributed by atoms with Crippen LogP contribution >= 0.6 is 35.3 Å². The molecule has 0 saturated carbocycles. The lowest BCUT2D eigenvalue weighted by Gasteiger charge is -2.30. The van der Waals surface area contributed by atoms with Crippen LogP contribution in [-0.2, 0) is 9.59 Å². The third kappa shape index (κ3) is 2.94. The Bertz CT molecular complexity index is 578. The zero-order valence-electron chi connectivity index (χ0n) is 10.9. The highest BCUT2D eigenvalue weighted by molar-refractivity contribution is 8.26. The monoisotopic (exact) mass is 326 g/mol. The van der Waals surface area contributed by atoms with Gasteiger partial charge in [-0.25, -0.2) is 0 Å². The van der Waals surface area contributed by atoms with Crippen molar-refractivity contribution in [1.82, 2.24) is 4.90 Å². The topological polar surface area (TPSA) is 60.4 Å². The smallest absolute Gasteiger partial charge is 0.266 e. The first-order chi connectivity index (χ1) is 9.41. The fourth-order valence-electron chi connectivity index (χ4n) is 1.90. The van der Waals surface area contributed by atoms with Crippen molar-refractivity contribution in [2.75, 3.05) is 0 Å². The number of hydrogen-bond acceptors (Lipinski definition) is 6. The van der Waals surface area contributed by atoms with Crippen LogP contribution in [0.15, 0.2) is 22.4 Å². The summed E-state index contributed by atoms with van der Waals surface area (Å²) in [5.41, 5.74) is 0. The van der Waals surface area contributed by atoms with Gasteiger partial charge in [0, 0.05) is 4.88 Å². The van der Waals surface area contributed by atoms with E-state index in [9.17, 15) is 14.7 Å². The summed E-state index contributed by atoms with van der Waals surface area (Å²) in [5, 5.41) is 13.2. The van der Waals surface area contributed by atoms with Gasteiger partial charge in [-0.05, 0) is 23.4 Å². The Morgan fingerprint density at radius 2 is 2.20 bits per heavy atom. The highest BCUT2D eigenvalue weighted by atomic mass is 32.2. The van der Waals surface area contributed by atoms with Gasteiger partial charge in [-0.1, -0.05) is 43.9 Å². The number of thiophene rings is 1. The van der Waals surface area contributed by atoms with E-state index in [0.29, 0.717) is 4.91 Å². The number of hydrogen-bond donors (Lipinski definition) is 0. The van der Waals surface area contributed by atoms with Gasteiger partial charge in [-0.3, -0.25) is 9.69 Å². The Labute approximate surface area is 130 Å². The number of amides is 1. The van der Waals surface area contributed by atoms with Crippen molar-refractivity contribution in [3.8, 4) is 0 Å².